The molecule has 0 fully saturated rings. The van der Waals surface area contributed by atoms with Crippen molar-refractivity contribution >= 4 is 15.7 Å². The van der Waals surface area contributed by atoms with Crippen molar-refractivity contribution in [3.05, 3.63) is 48.0 Å². The van der Waals surface area contributed by atoms with E-state index in [4.69, 9.17) is 9.47 Å². The van der Waals surface area contributed by atoms with E-state index in [1.165, 1.54) is 20.3 Å². The first-order chi connectivity index (χ1) is 11.4. The number of methoxy groups -OCH3 is 2. The predicted octanol–water partition coefficient (Wildman–Crippen LogP) is 4.02. The smallest absolute Gasteiger partial charge is 0.265 e. The van der Waals surface area contributed by atoms with E-state index >= 15 is 0 Å². The Kier molecular flexibility index (Phi) is 5.72. The van der Waals surface area contributed by atoms with Gasteiger partial charge in [-0.25, -0.2) is 8.42 Å². The van der Waals surface area contributed by atoms with Gasteiger partial charge in [0.1, 0.15) is 16.4 Å². The molecule has 0 aromatic heterocycles. The number of sulfonamides is 1. The maximum Gasteiger partial charge on any atom is 0.265 e. The number of ether oxygens (including phenoxy) is 2. The Morgan fingerprint density at radius 1 is 1.08 bits per heavy atom. The summed E-state index contributed by atoms with van der Waals surface area (Å²) in [6.07, 6.45) is 0.921. The molecule has 2 aromatic rings. The third-order valence-electron chi connectivity index (χ3n) is 4.01. The molecule has 130 valence electrons. The Hall–Kier alpha value is -2.21. The van der Waals surface area contributed by atoms with Crippen LogP contribution in [0, 0.1) is 0 Å². The summed E-state index contributed by atoms with van der Waals surface area (Å²) in [4.78, 5) is 0.0738. The second-order valence-corrected chi connectivity index (χ2v) is 7.17. The molecule has 0 radical (unpaired) electrons. The van der Waals surface area contributed by atoms with Gasteiger partial charge in [-0.1, -0.05) is 32.0 Å². The Bertz CT molecular complexity index is 802. The summed E-state index contributed by atoms with van der Waals surface area (Å²) >= 11 is 0. The fourth-order valence-electron chi connectivity index (χ4n) is 2.44. The summed E-state index contributed by atoms with van der Waals surface area (Å²) in [5, 5.41) is 0. The van der Waals surface area contributed by atoms with E-state index in [1.54, 1.807) is 18.2 Å². The highest BCUT2D eigenvalue weighted by molar-refractivity contribution is 7.92. The fourth-order valence-corrected chi connectivity index (χ4v) is 3.68. The Morgan fingerprint density at radius 2 is 1.79 bits per heavy atom. The number of nitrogens with one attached hydrogen (secondary N) is 1. The summed E-state index contributed by atoms with van der Waals surface area (Å²) in [5.74, 6) is 1.02. The van der Waals surface area contributed by atoms with E-state index in [0.717, 1.165) is 12.0 Å². The van der Waals surface area contributed by atoms with Crippen LogP contribution in [0.5, 0.6) is 11.5 Å². The molecule has 0 amide bonds. The number of anilines is 1. The summed E-state index contributed by atoms with van der Waals surface area (Å²) in [7, 11) is -0.827. The van der Waals surface area contributed by atoms with E-state index < -0.39 is 10.0 Å². The average molecular weight is 349 g/mol. The molecule has 0 aliphatic rings. The van der Waals surface area contributed by atoms with Crippen LogP contribution in [0.4, 0.5) is 5.69 Å². The molecule has 24 heavy (non-hydrogen) atoms. The zero-order valence-electron chi connectivity index (χ0n) is 14.4. The van der Waals surface area contributed by atoms with Crippen molar-refractivity contribution in [3.63, 3.8) is 0 Å². The molecule has 2 rings (SSSR count). The van der Waals surface area contributed by atoms with E-state index in [9.17, 15) is 8.42 Å². The minimum atomic E-state index is -3.78. The molecular weight excluding hydrogens is 326 g/mol. The van der Waals surface area contributed by atoms with E-state index in [1.807, 2.05) is 18.2 Å². The quantitative estimate of drug-likeness (QED) is 0.820. The minimum Gasteiger partial charge on any atom is -0.497 e. The van der Waals surface area contributed by atoms with Crippen LogP contribution in [0.25, 0.3) is 0 Å². The number of hydrogen-bond acceptors (Lipinski definition) is 4. The zero-order chi connectivity index (χ0) is 17.7. The molecular formula is C18H23NO4S. The number of para-hydroxylation sites is 1. The predicted molar refractivity (Wildman–Crippen MR) is 95.5 cm³/mol. The monoisotopic (exact) mass is 349 g/mol. The molecule has 1 N–H and O–H groups in total. The summed E-state index contributed by atoms with van der Waals surface area (Å²) in [5.41, 5.74) is 1.56. The fraction of sp³-hybridized carbons (Fsp3) is 0.333. The maximum absolute atomic E-state index is 12.8. The van der Waals surface area contributed by atoms with Crippen LogP contribution in [-0.2, 0) is 10.0 Å². The van der Waals surface area contributed by atoms with Crippen molar-refractivity contribution in [2.75, 3.05) is 18.9 Å². The van der Waals surface area contributed by atoms with Gasteiger partial charge in [0, 0.05) is 6.07 Å². The van der Waals surface area contributed by atoms with E-state index in [2.05, 4.69) is 18.6 Å². The Labute approximate surface area is 143 Å². The van der Waals surface area contributed by atoms with Gasteiger partial charge >= 0.3 is 0 Å². The first-order valence-electron chi connectivity index (χ1n) is 7.76. The zero-order valence-corrected chi connectivity index (χ0v) is 15.2. The molecule has 6 heteroatoms. The van der Waals surface area contributed by atoms with Gasteiger partial charge in [0.15, 0.2) is 0 Å². The summed E-state index contributed by atoms with van der Waals surface area (Å²) in [6, 6.07) is 12.1. The topological polar surface area (TPSA) is 64.6 Å². The summed E-state index contributed by atoms with van der Waals surface area (Å²) in [6.45, 7) is 4.14. The summed E-state index contributed by atoms with van der Waals surface area (Å²) < 4.78 is 38.6. The van der Waals surface area contributed by atoms with Crippen LogP contribution in [0.1, 0.15) is 31.7 Å². The van der Waals surface area contributed by atoms with Crippen LogP contribution in [0.3, 0.4) is 0 Å². The SMILES string of the molecule is CC[C@@H](C)c1ccccc1NS(=O)(=O)c1ccc(OC)cc1OC. The molecule has 0 aliphatic heterocycles. The van der Waals surface area contributed by atoms with Crippen molar-refractivity contribution in [1.82, 2.24) is 0 Å². The normalized spacial score (nSPS) is 12.5. The molecule has 1 atom stereocenters. The lowest BCUT2D eigenvalue weighted by Gasteiger charge is -2.17. The van der Waals surface area contributed by atoms with Crippen molar-refractivity contribution in [2.45, 2.75) is 31.1 Å². The first-order valence-corrected chi connectivity index (χ1v) is 9.25. The molecule has 0 saturated heterocycles. The molecule has 2 aromatic carbocycles. The van der Waals surface area contributed by atoms with Gasteiger partial charge in [0.05, 0.1) is 19.9 Å². The second kappa shape index (κ2) is 7.57. The Balaban J connectivity index is 2.43. The van der Waals surface area contributed by atoms with Gasteiger partial charge in [-0.3, -0.25) is 4.72 Å². The lowest BCUT2D eigenvalue weighted by molar-refractivity contribution is 0.386. The van der Waals surface area contributed by atoms with Gasteiger partial charge in [-0.15, -0.1) is 0 Å². The lowest BCUT2D eigenvalue weighted by Crippen LogP contribution is -2.15. The highest BCUT2D eigenvalue weighted by Crippen LogP contribution is 2.32. The molecule has 0 bridgehead atoms. The van der Waals surface area contributed by atoms with Gasteiger partial charge in [0.25, 0.3) is 10.0 Å². The van der Waals surface area contributed by atoms with E-state index in [-0.39, 0.29) is 16.6 Å². The first kappa shape index (κ1) is 18.1. The average Bonchev–Trinajstić information content (AvgIpc) is 2.60. The molecule has 5 nitrogen and oxygen atoms in total. The standard InChI is InChI=1S/C18H23NO4S/c1-5-13(2)15-8-6-7-9-16(15)19-24(20,21)18-11-10-14(22-3)12-17(18)23-4/h6-13,19H,5H2,1-4H3/t13-/m1/s1. The molecule has 0 unspecified atom stereocenters. The molecule has 0 heterocycles. The highest BCUT2D eigenvalue weighted by Gasteiger charge is 2.22. The van der Waals surface area contributed by atoms with Gasteiger partial charge in [-0.05, 0) is 36.1 Å². The van der Waals surface area contributed by atoms with Crippen LogP contribution < -0.4 is 14.2 Å². The van der Waals surface area contributed by atoms with Gasteiger partial charge in [-0.2, -0.15) is 0 Å². The molecule has 0 aliphatic carbocycles. The molecule has 0 spiro atoms. The third kappa shape index (κ3) is 3.82. The maximum atomic E-state index is 12.8. The van der Waals surface area contributed by atoms with Gasteiger partial charge < -0.3 is 9.47 Å². The largest absolute Gasteiger partial charge is 0.497 e. The van der Waals surface area contributed by atoms with Crippen LogP contribution in [0.15, 0.2) is 47.4 Å². The van der Waals surface area contributed by atoms with Crippen molar-refractivity contribution in [1.29, 1.82) is 0 Å². The van der Waals surface area contributed by atoms with Crippen molar-refractivity contribution in [2.24, 2.45) is 0 Å². The third-order valence-corrected chi connectivity index (χ3v) is 5.41. The second-order valence-electron chi connectivity index (χ2n) is 5.52. The van der Waals surface area contributed by atoms with Gasteiger partial charge in [0.2, 0.25) is 0 Å². The number of hydrogen-bond donors (Lipinski definition) is 1. The molecule has 0 saturated carbocycles. The van der Waals surface area contributed by atoms with E-state index in [0.29, 0.717) is 11.4 Å². The Morgan fingerprint density at radius 3 is 2.42 bits per heavy atom. The lowest BCUT2D eigenvalue weighted by atomic mass is 9.97. The number of benzene rings is 2. The highest BCUT2D eigenvalue weighted by atomic mass is 32.2. The van der Waals surface area contributed by atoms with Crippen LogP contribution in [0.2, 0.25) is 0 Å². The van der Waals surface area contributed by atoms with Crippen LogP contribution in [-0.4, -0.2) is 22.6 Å². The van der Waals surface area contributed by atoms with Crippen molar-refractivity contribution in [3.8, 4) is 11.5 Å². The van der Waals surface area contributed by atoms with Crippen LogP contribution >= 0.6 is 0 Å². The number of rotatable bonds is 7. The minimum absolute atomic E-state index is 0.0738. The van der Waals surface area contributed by atoms with Crippen molar-refractivity contribution < 1.29 is 17.9 Å².